The quantitative estimate of drug-likeness (QED) is 0.705. The highest BCUT2D eigenvalue weighted by molar-refractivity contribution is 5.66. The topological polar surface area (TPSA) is 44.1 Å². The lowest BCUT2D eigenvalue weighted by atomic mass is 10.2. The molecule has 2 aromatic heterocycles. The second-order valence-electron chi connectivity index (χ2n) is 5.17. The molecular weight excluding hydrogens is 248 g/mol. The molecule has 3 nitrogen and oxygen atoms in total. The highest BCUT2D eigenvalue weighted by Gasteiger charge is 2.14. The van der Waals surface area contributed by atoms with Gasteiger partial charge in [0.15, 0.2) is 5.76 Å². The molecule has 0 saturated heterocycles. The molecule has 3 aromatic rings. The number of aromatic nitrogens is 1. The summed E-state index contributed by atoms with van der Waals surface area (Å²) in [4.78, 5) is 0. The van der Waals surface area contributed by atoms with E-state index in [1.54, 1.807) is 0 Å². The van der Waals surface area contributed by atoms with Gasteiger partial charge in [-0.2, -0.15) is 0 Å². The first-order valence-electron chi connectivity index (χ1n) is 6.68. The molecule has 0 spiro atoms. The summed E-state index contributed by atoms with van der Waals surface area (Å²) < 4.78 is 7.88. The summed E-state index contributed by atoms with van der Waals surface area (Å²) in [5.41, 5.74) is 11.2. The van der Waals surface area contributed by atoms with Crippen LogP contribution in [0.1, 0.15) is 17.0 Å². The summed E-state index contributed by atoms with van der Waals surface area (Å²) in [7, 11) is 0. The van der Waals surface area contributed by atoms with Crippen LogP contribution in [0.15, 0.2) is 46.9 Å². The maximum Gasteiger partial charge on any atom is 0.151 e. The van der Waals surface area contributed by atoms with Gasteiger partial charge in [0.05, 0.1) is 17.1 Å². The summed E-state index contributed by atoms with van der Waals surface area (Å²) in [5.74, 6) is 1.76. The minimum Gasteiger partial charge on any atom is -0.460 e. The van der Waals surface area contributed by atoms with Gasteiger partial charge in [0.2, 0.25) is 0 Å². The number of rotatable bonds is 2. The Morgan fingerprint density at radius 1 is 0.950 bits per heavy atom. The molecule has 1 aromatic carbocycles. The number of anilines is 1. The summed E-state index contributed by atoms with van der Waals surface area (Å²) in [5, 5.41) is 0. The smallest absolute Gasteiger partial charge is 0.151 e. The number of aryl methyl sites for hydroxylation is 3. The minimum atomic E-state index is 0.772. The summed E-state index contributed by atoms with van der Waals surface area (Å²) in [6.07, 6.45) is 0. The van der Waals surface area contributed by atoms with Crippen LogP contribution in [-0.4, -0.2) is 4.57 Å². The summed E-state index contributed by atoms with van der Waals surface area (Å²) in [6, 6.07) is 14.2. The van der Waals surface area contributed by atoms with Gasteiger partial charge in [-0.25, -0.2) is 0 Å². The van der Waals surface area contributed by atoms with Crippen molar-refractivity contribution in [3.05, 3.63) is 59.5 Å². The second kappa shape index (κ2) is 4.60. The van der Waals surface area contributed by atoms with Crippen molar-refractivity contribution < 1.29 is 4.42 Å². The fourth-order valence-corrected chi connectivity index (χ4v) is 2.50. The van der Waals surface area contributed by atoms with E-state index >= 15 is 0 Å². The molecule has 0 aliphatic rings. The minimum absolute atomic E-state index is 0.772. The van der Waals surface area contributed by atoms with Crippen molar-refractivity contribution in [1.29, 1.82) is 0 Å². The molecule has 2 N–H and O–H groups in total. The van der Waals surface area contributed by atoms with Crippen LogP contribution in [0.2, 0.25) is 0 Å². The van der Waals surface area contributed by atoms with Crippen molar-refractivity contribution in [3.8, 4) is 17.1 Å². The van der Waals surface area contributed by atoms with Crippen molar-refractivity contribution in [3.63, 3.8) is 0 Å². The molecule has 0 aliphatic heterocycles. The average molecular weight is 266 g/mol. The molecular formula is C17H18N2O. The zero-order valence-electron chi connectivity index (χ0n) is 12.0. The molecule has 0 atom stereocenters. The molecule has 3 rings (SSSR count). The Kier molecular flexibility index (Phi) is 2.90. The zero-order chi connectivity index (χ0) is 14.3. The van der Waals surface area contributed by atoms with E-state index in [-0.39, 0.29) is 0 Å². The molecule has 0 saturated carbocycles. The summed E-state index contributed by atoms with van der Waals surface area (Å²) in [6.45, 7) is 6.06. The van der Waals surface area contributed by atoms with Crippen LogP contribution >= 0.6 is 0 Å². The van der Waals surface area contributed by atoms with Gasteiger partial charge < -0.3 is 14.7 Å². The Morgan fingerprint density at radius 2 is 1.75 bits per heavy atom. The third-order valence-electron chi connectivity index (χ3n) is 3.49. The monoisotopic (exact) mass is 266 g/mol. The Hall–Kier alpha value is -2.42. The van der Waals surface area contributed by atoms with Crippen LogP contribution < -0.4 is 5.73 Å². The maximum atomic E-state index is 6.18. The SMILES string of the molecule is Cc1ccc(-n2c(C)ccc2-c2ccc(C)o2)c(N)c1. The van der Waals surface area contributed by atoms with E-state index in [1.165, 1.54) is 0 Å². The maximum absolute atomic E-state index is 6.18. The molecule has 0 fully saturated rings. The van der Waals surface area contributed by atoms with Gasteiger partial charge in [-0.05, 0) is 62.7 Å². The van der Waals surface area contributed by atoms with Crippen molar-refractivity contribution >= 4 is 5.69 Å². The highest BCUT2D eigenvalue weighted by Crippen LogP contribution is 2.30. The van der Waals surface area contributed by atoms with Gasteiger partial charge in [-0.15, -0.1) is 0 Å². The first kappa shape index (κ1) is 12.6. The van der Waals surface area contributed by atoms with E-state index in [2.05, 4.69) is 35.8 Å². The number of nitrogens with zero attached hydrogens (tertiary/aromatic N) is 1. The highest BCUT2D eigenvalue weighted by atomic mass is 16.3. The zero-order valence-corrected chi connectivity index (χ0v) is 12.0. The van der Waals surface area contributed by atoms with Gasteiger partial charge in [-0.3, -0.25) is 0 Å². The van der Waals surface area contributed by atoms with Crippen LogP contribution in [0.3, 0.4) is 0 Å². The predicted octanol–water partition coefficient (Wildman–Crippen LogP) is 4.24. The van der Waals surface area contributed by atoms with Crippen LogP contribution in [0.4, 0.5) is 5.69 Å². The Morgan fingerprint density at radius 3 is 2.40 bits per heavy atom. The van der Waals surface area contributed by atoms with Crippen LogP contribution in [0.25, 0.3) is 17.1 Å². The average Bonchev–Trinajstić information content (AvgIpc) is 2.96. The van der Waals surface area contributed by atoms with Crippen molar-refractivity contribution in [1.82, 2.24) is 4.57 Å². The fraction of sp³-hybridized carbons (Fsp3) is 0.176. The predicted molar refractivity (Wildman–Crippen MR) is 82.1 cm³/mol. The van der Waals surface area contributed by atoms with Crippen LogP contribution in [0, 0.1) is 20.8 Å². The number of nitrogen functional groups attached to an aromatic ring is 1. The third kappa shape index (κ3) is 2.01. The number of nitrogens with two attached hydrogens (primary N) is 1. The van der Waals surface area contributed by atoms with E-state index in [9.17, 15) is 0 Å². The number of benzene rings is 1. The van der Waals surface area contributed by atoms with Crippen LogP contribution in [-0.2, 0) is 0 Å². The Labute approximate surface area is 118 Å². The third-order valence-corrected chi connectivity index (χ3v) is 3.49. The normalized spacial score (nSPS) is 10.9. The molecule has 0 aliphatic carbocycles. The molecule has 3 heteroatoms. The number of hydrogen-bond donors (Lipinski definition) is 1. The van der Waals surface area contributed by atoms with Gasteiger partial charge in [0.1, 0.15) is 5.76 Å². The molecule has 0 amide bonds. The van der Waals surface area contributed by atoms with Gasteiger partial charge in [-0.1, -0.05) is 6.07 Å². The largest absolute Gasteiger partial charge is 0.460 e. The van der Waals surface area contributed by atoms with Gasteiger partial charge in [0, 0.05) is 5.69 Å². The molecule has 0 unspecified atom stereocenters. The Bertz CT molecular complexity index is 765. The fourth-order valence-electron chi connectivity index (χ4n) is 2.50. The second-order valence-corrected chi connectivity index (χ2v) is 5.17. The van der Waals surface area contributed by atoms with Gasteiger partial charge in [0.25, 0.3) is 0 Å². The summed E-state index contributed by atoms with van der Waals surface area (Å²) >= 11 is 0. The van der Waals surface area contributed by atoms with E-state index in [4.69, 9.17) is 10.2 Å². The number of hydrogen-bond acceptors (Lipinski definition) is 2. The van der Waals surface area contributed by atoms with E-state index in [0.717, 1.165) is 39.8 Å². The van der Waals surface area contributed by atoms with Crippen molar-refractivity contribution in [2.75, 3.05) is 5.73 Å². The molecule has 0 radical (unpaired) electrons. The first-order valence-corrected chi connectivity index (χ1v) is 6.68. The molecule has 0 bridgehead atoms. The Balaban J connectivity index is 2.21. The van der Waals surface area contributed by atoms with Gasteiger partial charge >= 0.3 is 0 Å². The van der Waals surface area contributed by atoms with Crippen molar-refractivity contribution in [2.45, 2.75) is 20.8 Å². The lowest BCUT2D eigenvalue weighted by Gasteiger charge is -2.13. The lowest BCUT2D eigenvalue weighted by Crippen LogP contribution is -2.03. The van der Waals surface area contributed by atoms with E-state index in [0.29, 0.717) is 0 Å². The standard InChI is InChI=1S/C17H18N2O/c1-11-4-7-15(14(18)10-11)19-12(2)5-8-16(19)17-9-6-13(3)20-17/h4-10H,18H2,1-3H3. The van der Waals surface area contributed by atoms with E-state index < -0.39 is 0 Å². The van der Waals surface area contributed by atoms with Crippen molar-refractivity contribution in [2.24, 2.45) is 0 Å². The first-order chi connectivity index (χ1) is 9.56. The molecule has 102 valence electrons. The molecule has 2 heterocycles. The van der Waals surface area contributed by atoms with E-state index in [1.807, 2.05) is 32.0 Å². The molecule has 20 heavy (non-hydrogen) atoms. The number of furan rings is 1. The lowest BCUT2D eigenvalue weighted by molar-refractivity contribution is 0.545. The van der Waals surface area contributed by atoms with Crippen LogP contribution in [0.5, 0.6) is 0 Å².